The Morgan fingerprint density at radius 3 is 2.81 bits per heavy atom. The number of rotatable bonds is 6. The number of sulfonamides is 1. The third kappa shape index (κ3) is 3.68. The van der Waals surface area contributed by atoms with Gasteiger partial charge in [0.15, 0.2) is 11.5 Å². The molecular formula is C17H19N3O5S. The lowest BCUT2D eigenvalue weighted by atomic mass is 10.2. The van der Waals surface area contributed by atoms with Gasteiger partial charge in [-0.15, -0.1) is 0 Å². The Labute approximate surface area is 151 Å². The zero-order chi connectivity index (χ0) is 18.0. The summed E-state index contributed by atoms with van der Waals surface area (Å²) >= 11 is 0. The molecule has 0 amide bonds. The van der Waals surface area contributed by atoms with Gasteiger partial charge < -0.3 is 19.5 Å². The van der Waals surface area contributed by atoms with Gasteiger partial charge in [-0.1, -0.05) is 0 Å². The number of hydrogen-bond donors (Lipinski definition) is 2. The van der Waals surface area contributed by atoms with Crippen molar-refractivity contribution < 1.29 is 22.6 Å². The van der Waals surface area contributed by atoms with Crippen LogP contribution < -0.4 is 19.5 Å². The van der Waals surface area contributed by atoms with E-state index >= 15 is 0 Å². The average molecular weight is 377 g/mol. The van der Waals surface area contributed by atoms with Crippen LogP contribution in [0.15, 0.2) is 41.4 Å². The summed E-state index contributed by atoms with van der Waals surface area (Å²) in [6, 6.07) is 7.88. The summed E-state index contributed by atoms with van der Waals surface area (Å²) in [5, 5.41) is 3.19. The van der Waals surface area contributed by atoms with Crippen molar-refractivity contribution in [2.75, 3.05) is 30.0 Å². The second-order valence-corrected chi connectivity index (χ2v) is 7.75. The van der Waals surface area contributed by atoms with Gasteiger partial charge in [0.05, 0.1) is 22.9 Å². The fourth-order valence-electron chi connectivity index (χ4n) is 2.84. The van der Waals surface area contributed by atoms with Gasteiger partial charge in [0.25, 0.3) is 10.0 Å². The molecule has 138 valence electrons. The Bertz CT molecular complexity index is 880. The first kappa shape index (κ1) is 16.9. The van der Waals surface area contributed by atoms with Crippen LogP contribution in [0.1, 0.15) is 12.8 Å². The summed E-state index contributed by atoms with van der Waals surface area (Å²) in [4.78, 5) is 4.34. The van der Waals surface area contributed by atoms with Crippen molar-refractivity contribution in [3.63, 3.8) is 0 Å². The molecule has 2 N–H and O–H groups in total. The molecule has 0 radical (unpaired) electrons. The molecule has 2 aromatic rings. The number of aromatic nitrogens is 1. The predicted molar refractivity (Wildman–Crippen MR) is 95.1 cm³/mol. The Morgan fingerprint density at radius 1 is 1.15 bits per heavy atom. The van der Waals surface area contributed by atoms with Crippen LogP contribution in [0, 0.1) is 0 Å². The van der Waals surface area contributed by atoms with E-state index in [2.05, 4.69) is 15.0 Å². The third-order valence-corrected chi connectivity index (χ3v) is 5.58. The smallest absolute Gasteiger partial charge is 0.262 e. The average Bonchev–Trinajstić information content (AvgIpc) is 3.32. The second-order valence-electron chi connectivity index (χ2n) is 6.07. The second kappa shape index (κ2) is 7.00. The molecule has 2 aliphatic heterocycles. The molecule has 0 saturated carbocycles. The first-order valence-electron chi connectivity index (χ1n) is 8.34. The number of ether oxygens (including phenoxy) is 3. The zero-order valence-electron chi connectivity index (χ0n) is 14.0. The normalized spacial score (nSPS) is 18.7. The van der Waals surface area contributed by atoms with Gasteiger partial charge in [0, 0.05) is 19.2 Å². The number of benzene rings is 1. The summed E-state index contributed by atoms with van der Waals surface area (Å²) in [6.45, 7) is 1.59. The molecule has 0 aliphatic carbocycles. The van der Waals surface area contributed by atoms with E-state index in [4.69, 9.17) is 14.2 Å². The van der Waals surface area contributed by atoms with E-state index in [1.165, 1.54) is 18.3 Å². The number of hydrogen-bond acceptors (Lipinski definition) is 7. The molecule has 1 atom stereocenters. The van der Waals surface area contributed by atoms with Gasteiger partial charge in [0.2, 0.25) is 6.79 Å². The lowest BCUT2D eigenvalue weighted by molar-refractivity contribution is 0.120. The van der Waals surface area contributed by atoms with Crippen LogP contribution in [-0.4, -0.2) is 39.5 Å². The molecule has 1 aromatic heterocycles. The van der Waals surface area contributed by atoms with Crippen molar-refractivity contribution in [1.29, 1.82) is 0 Å². The van der Waals surface area contributed by atoms with Crippen LogP contribution in [0.4, 0.5) is 11.5 Å². The maximum absolute atomic E-state index is 12.5. The van der Waals surface area contributed by atoms with E-state index in [0.717, 1.165) is 19.4 Å². The van der Waals surface area contributed by atoms with Crippen molar-refractivity contribution in [2.45, 2.75) is 23.8 Å². The molecule has 0 bridgehead atoms. The van der Waals surface area contributed by atoms with E-state index in [9.17, 15) is 8.42 Å². The molecule has 2 aliphatic rings. The molecule has 1 saturated heterocycles. The standard InChI is InChI=1S/C17H19N3O5S/c21-26(22,14-4-5-15-16(8-14)25-11-24-15)20-12-3-6-17(18-9-12)19-10-13-2-1-7-23-13/h3-6,8-9,13,20H,1-2,7,10-11H2,(H,18,19). The minimum atomic E-state index is -3.74. The van der Waals surface area contributed by atoms with Crippen molar-refractivity contribution in [3.05, 3.63) is 36.5 Å². The quantitative estimate of drug-likeness (QED) is 0.796. The fraction of sp³-hybridized carbons (Fsp3) is 0.353. The molecule has 3 heterocycles. The highest BCUT2D eigenvalue weighted by atomic mass is 32.2. The number of pyridine rings is 1. The summed E-state index contributed by atoms with van der Waals surface area (Å²) in [6.07, 6.45) is 3.81. The molecule has 1 aromatic carbocycles. The third-order valence-electron chi connectivity index (χ3n) is 4.20. The molecule has 9 heteroatoms. The number of nitrogens with one attached hydrogen (secondary N) is 2. The molecule has 1 fully saturated rings. The van der Waals surface area contributed by atoms with Gasteiger partial charge in [-0.25, -0.2) is 13.4 Å². The summed E-state index contributed by atoms with van der Waals surface area (Å²) in [5.41, 5.74) is 0.380. The molecular weight excluding hydrogens is 358 g/mol. The SMILES string of the molecule is O=S(=O)(Nc1ccc(NCC2CCCO2)nc1)c1ccc2c(c1)OCO2. The van der Waals surface area contributed by atoms with Gasteiger partial charge in [-0.2, -0.15) is 0 Å². The maximum Gasteiger partial charge on any atom is 0.262 e. The van der Waals surface area contributed by atoms with Crippen LogP contribution in [0.25, 0.3) is 0 Å². The van der Waals surface area contributed by atoms with Crippen LogP contribution in [0.3, 0.4) is 0 Å². The highest BCUT2D eigenvalue weighted by Gasteiger charge is 2.20. The highest BCUT2D eigenvalue weighted by Crippen LogP contribution is 2.34. The molecule has 1 unspecified atom stereocenters. The molecule has 8 nitrogen and oxygen atoms in total. The van der Waals surface area contributed by atoms with Crippen LogP contribution in [-0.2, 0) is 14.8 Å². The summed E-state index contributed by atoms with van der Waals surface area (Å²) in [5.74, 6) is 1.62. The summed E-state index contributed by atoms with van der Waals surface area (Å²) < 4.78 is 43.5. The van der Waals surface area contributed by atoms with E-state index in [-0.39, 0.29) is 17.8 Å². The minimum Gasteiger partial charge on any atom is -0.454 e. The van der Waals surface area contributed by atoms with E-state index in [1.54, 1.807) is 18.2 Å². The number of nitrogens with zero attached hydrogens (tertiary/aromatic N) is 1. The van der Waals surface area contributed by atoms with Gasteiger partial charge >= 0.3 is 0 Å². The number of fused-ring (bicyclic) bond motifs is 1. The van der Waals surface area contributed by atoms with Crippen molar-refractivity contribution in [3.8, 4) is 11.5 Å². The monoisotopic (exact) mass is 377 g/mol. The van der Waals surface area contributed by atoms with Gasteiger partial charge in [0.1, 0.15) is 5.82 Å². The molecule has 26 heavy (non-hydrogen) atoms. The Hall–Kier alpha value is -2.52. The largest absolute Gasteiger partial charge is 0.454 e. The van der Waals surface area contributed by atoms with Crippen LogP contribution in [0.5, 0.6) is 11.5 Å². The Balaban J connectivity index is 1.41. The lowest BCUT2D eigenvalue weighted by Crippen LogP contribution is -2.19. The van der Waals surface area contributed by atoms with E-state index in [0.29, 0.717) is 29.5 Å². The Morgan fingerprint density at radius 2 is 2.04 bits per heavy atom. The Kier molecular flexibility index (Phi) is 4.56. The van der Waals surface area contributed by atoms with Crippen LogP contribution >= 0.6 is 0 Å². The topological polar surface area (TPSA) is 98.8 Å². The van der Waals surface area contributed by atoms with E-state index in [1.807, 2.05) is 0 Å². The molecule has 0 spiro atoms. The van der Waals surface area contributed by atoms with Crippen molar-refractivity contribution >= 4 is 21.5 Å². The van der Waals surface area contributed by atoms with Crippen molar-refractivity contribution in [1.82, 2.24) is 4.98 Å². The maximum atomic E-state index is 12.5. The first-order chi connectivity index (χ1) is 12.6. The molecule has 4 rings (SSSR count). The van der Waals surface area contributed by atoms with Gasteiger partial charge in [-0.3, -0.25) is 4.72 Å². The summed E-state index contributed by atoms with van der Waals surface area (Å²) in [7, 11) is -3.74. The van der Waals surface area contributed by atoms with Crippen LogP contribution in [0.2, 0.25) is 0 Å². The van der Waals surface area contributed by atoms with E-state index < -0.39 is 10.0 Å². The highest BCUT2D eigenvalue weighted by molar-refractivity contribution is 7.92. The van der Waals surface area contributed by atoms with Gasteiger partial charge in [-0.05, 0) is 37.1 Å². The zero-order valence-corrected chi connectivity index (χ0v) is 14.8. The number of anilines is 2. The lowest BCUT2D eigenvalue weighted by Gasteiger charge is -2.12. The first-order valence-corrected chi connectivity index (χ1v) is 9.82. The minimum absolute atomic E-state index is 0.0938. The fourth-order valence-corrected chi connectivity index (χ4v) is 3.90. The van der Waals surface area contributed by atoms with Crippen molar-refractivity contribution in [2.24, 2.45) is 0 Å². The predicted octanol–water partition coefficient (Wildman–Crippen LogP) is 2.20.